The number of hydrogen-bond acceptors (Lipinski definition) is 3. The Balaban J connectivity index is 2.01. The normalized spacial score (nSPS) is 15.9. The van der Waals surface area contributed by atoms with Crippen LogP contribution in [0.5, 0.6) is 0 Å². The number of hydrogen-bond donors (Lipinski definition) is 0. The van der Waals surface area contributed by atoms with E-state index in [-0.39, 0.29) is 0 Å². The Morgan fingerprint density at radius 1 is 0.947 bits per heavy atom. The first-order valence-electron chi connectivity index (χ1n) is 5.87. The van der Waals surface area contributed by atoms with Gasteiger partial charge in [0.2, 0.25) is 9.84 Å². The van der Waals surface area contributed by atoms with E-state index in [1.807, 2.05) is 43.3 Å². The highest BCUT2D eigenvalue weighted by atomic mass is 32.2. The SMILES string of the molecule is Cc1ccc(SC2=CS(=O)(=O)c3ccccc32)cc1. The van der Waals surface area contributed by atoms with Crippen molar-refractivity contribution in [3.63, 3.8) is 0 Å². The predicted molar refractivity (Wildman–Crippen MR) is 78.6 cm³/mol. The van der Waals surface area contributed by atoms with E-state index in [1.54, 1.807) is 12.1 Å². The summed E-state index contributed by atoms with van der Waals surface area (Å²) in [7, 11) is -3.27. The zero-order valence-electron chi connectivity index (χ0n) is 10.3. The van der Waals surface area contributed by atoms with Crippen LogP contribution < -0.4 is 0 Å². The fraction of sp³-hybridized carbons (Fsp3) is 0.0667. The van der Waals surface area contributed by atoms with Gasteiger partial charge in [0.15, 0.2) is 0 Å². The highest BCUT2D eigenvalue weighted by Crippen LogP contribution is 2.43. The maximum Gasteiger partial charge on any atom is 0.201 e. The molecule has 0 N–H and O–H groups in total. The lowest BCUT2D eigenvalue weighted by Crippen LogP contribution is -1.91. The van der Waals surface area contributed by atoms with Crippen molar-refractivity contribution in [2.75, 3.05) is 0 Å². The van der Waals surface area contributed by atoms with Crippen molar-refractivity contribution in [3.8, 4) is 0 Å². The molecule has 0 aromatic heterocycles. The predicted octanol–water partition coefficient (Wildman–Crippen LogP) is 3.87. The molecule has 19 heavy (non-hydrogen) atoms. The van der Waals surface area contributed by atoms with Crippen molar-refractivity contribution < 1.29 is 8.42 Å². The van der Waals surface area contributed by atoms with Crippen molar-refractivity contribution in [2.45, 2.75) is 16.7 Å². The number of thioether (sulfide) groups is 1. The van der Waals surface area contributed by atoms with Crippen LogP contribution in [-0.2, 0) is 9.84 Å². The second-order valence-corrected chi connectivity index (χ2v) is 7.32. The number of fused-ring (bicyclic) bond motifs is 1. The van der Waals surface area contributed by atoms with Gasteiger partial charge in [-0.25, -0.2) is 8.42 Å². The molecule has 1 aliphatic heterocycles. The van der Waals surface area contributed by atoms with Crippen LogP contribution in [0.25, 0.3) is 4.91 Å². The van der Waals surface area contributed by atoms with E-state index in [0.29, 0.717) is 4.90 Å². The second-order valence-electron chi connectivity index (χ2n) is 4.44. The zero-order chi connectivity index (χ0) is 13.5. The van der Waals surface area contributed by atoms with Crippen LogP contribution in [0.4, 0.5) is 0 Å². The number of aryl methyl sites for hydroxylation is 1. The lowest BCUT2D eigenvalue weighted by molar-refractivity contribution is 0.605. The first kappa shape index (κ1) is 12.5. The molecule has 0 bridgehead atoms. The largest absolute Gasteiger partial charge is 0.219 e. The molecule has 96 valence electrons. The quantitative estimate of drug-likeness (QED) is 0.841. The van der Waals surface area contributed by atoms with Crippen molar-refractivity contribution in [2.24, 2.45) is 0 Å². The first-order chi connectivity index (χ1) is 9.06. The van der Waals surface area contributed by atoms with Gasteiger partial charge in [-0.2, -0.15) is 0 Å². The zero-order valence-corrected chi connectivity index (χ0v) is 12.0. The van der Waals surface area contributed by atoms with E-state index in [0.717, 1.165) is 15.4 Å². The summed E-state index contributed by atoms with van der Waals surface area (Å²) in [6, 6.07) is 15.2. The van der Waals surface area contributed by atoms with Crippen LogP contribution in [0, 0.1) is 6.92 Å². The third kappa shape index (κ3) is 2.33. The molecule has 2 nitrogen and oxygen atoms in total. The molecule has 3 rings (SSSR count). The molecule has 0 atom stereocenters. The lowest BCUT2D eigenvalue weighted by atomic mass is 10.2. The van der Waals surface area contributed by atoms with Gasteiger partial charge >= 0.3 is 0 Å². The molecule has 0 saturated heterocycles. The van der Waals surface area contributed by atoms with Gasteiger partial charge in [0.05, 0.1) is 10.3 Å². The van der Waals surface area contributed by atoms with Gasteiger partial charge in [0.25, 0.3) is 0 Å². The Kier molecular flexibility index (Phi) is 2.99. The minimum Gasteiger partial charge on any atom is -0.219 e. The van der Waals surface area contributed by atoms with E-state index in [2.05, 4.69) is 0 Å². The molecule has 0 unspecified atom stereocenters. The third-order valence-corrected chi connectivity index (χ3v) is 5.70. The van der Waals surface area contributed by atoms with E-state index >= 15 is 0 Å². The van der Waals surface area contributed by atoms with Crippen LogP contribution in [0.15, 0.2) is 63.7 Å². The van der Waals surface area contributed by atoms with Crippen molar-refractivity contribution >= 4 is 26.5 Å². The van der Waals surface area contributed by atoms with Crippen LogP contribution in [0.3, 0.4) is 0 Å². The molecule has 4 heteroatoms. The van der Waals surface area contributed by atoms with Crippen LogP contribution in [0.2, 0.25) is 0 Å². The van der Waals surface area contributed by atoms with Gasteiger partial charge in [-0.05, 0) is 25.1 Å². The smallest absolute Gasteiger partial charge is 0.201 e. The van der Waals surface area contributed by atoms with Crippen molar-refractivity contribution in [1.29, 1.82) is 0 Å². The molecule has 0 aliphatic carbocycles. The van der Waals surface area contributed by atoms with E-state index in [9.17, 15) is 8.42 Å². The number of rotatable bonds is 2. The Bertz CT molecular complexity index is 757. The first-order valence-corrected chi connectivity index (χ1v) is 8.23. The lowest BCUT2D eigenvalue weighted by Gasteiger charge is -2.04. The van der Waals surface area contributed by atoms with Gasteiger partial charge in [-0.3, -0.25) is 0 Å². The fourth-order valence-corrected chi connectivity index (χ4v) is 4.74. The highest BCUT2D eigenvalue weighted by molar-refractivity contribution is 8.10. The van der Waals surface area contributed by atoms with E-state index in [1.165, 1.54) is 22.7 Å². The Morgan fingerprint density at radius 3 is 2.37 bits per heavy atom. The van der Waals surface area contributed by atoms with Gasteiger partial charge < -0.3 is 0 Å². The van der Waals surface area contributed by atoms with Gasteiger partial charge in [0.1, 0.15) is 0 Å². The van der Waals surface area contributed by atoms with Crippen LogP contribution >= 0.6 is 11.8 Å². The Labute approximate surface area is 117 Å². The maximum atomic E-state index is 12.0. The summed E-state index contributed by atoms with van der Waals surface area (Å²) >= 11 is 1.49. The van der Waals surface area contributed by atoms with Crippen molar-refractivity contribution in [3.05, 3.63) is 65.1 Å². The summed E-state index contributed by atoms with van der Waals surface area (Å²) < 4.78 is 24.0. The molecular formula is C15H12O2S2. The molecule has 1 aliphatic rings. The minimum atomic E-state index is -3.27. The summed E-state index contributed by atoms with van der Waals surface area (Å²) in [6.45, 7) is 2.03. The summed E-state index contributed by atoms with van der Waals surface area (Å²) in [6.07, 6.45) is 0. The number of benzene rings is 2. The second kappa shape index (κ2) is 4.54. The standard InChI is InChI=1S/C15H12O2S2/c1-11-6-8-12(9-7-11)18-14-10-19(16,17)15-5-3-2-4-13(14)15/h2-10H,1H3. The monoisotopic (exact) mass is 288 g/mol. The molecule has 2 aromatic carbocycles. The van der Waals surface area contributed by atoms with Gasteiger partial charge in [-0.15, -0.1) is 0 Å². The third-order valence-electron chi connectivity index (χ3n) is 2.97. The van der Waals surface area contributed by atoms with Crippen LogP contribution in [-0.4, -0.2) is 8.42 Å². The summed E-state index contributed by atoms with van der Waals surface area (Å²) in [5, 5.41) is 1.36. The number of sulfone groups is 1. The Morgan fingerprint density at radius 2 is 1.63 bits per heavy atom. The average molecular weight is 288 g/mol. The van der Waals surface area contributed by atoms with Gasteiger partial charge in [-0.1, -0.05) is 47.7 Å². The van der Waals surface area contributed by atoms with Gasteiger partial charge in [0, 0.05) is 15.4 Å². The molecule has 2 aromatic rings. The maximum absolute atomic E-state index is 12.0. The molecule has 1 heterocycles. The average Bonchev–Trinajstić information content (AvgIpc) is 2.65. The summed E-state index contributed by atoms with van der Waals surface area (Å²) in [5.74, 6) is 0. The van der Waals surface area contributed by atoms with Crippen molar-refractivity contribution in [1.82, 2.24) is 0 Å². The minimum absolute atomic E-state index is 0.407. The van der Waals surface area contributed by atoms with E-state index in [4.69, 9.17) is 0 Å². The molecule has 0 fully saturated rings. The topological polar surface area (TPSA) is 34.1 Å². The molecule has 0 saturated carbocycles. The Hall–Kier alpha value is -1.52. The van der Waals surface area contributed by atoms with E-state index < -0.39 is 9.84 Å². The molecule has 0 radical (unpaired) electrons. The fourth-order valence-electron chi connectivity index (χ4n) is 2.00. The molecular weight excluding hydrogens is 276 g/mol. The summed E-state index contributed by atoms with van der Waals surface area (Å²) in [5.41, 5.74) is 1.99. The highest BCUT2D eigenvalue weighted by Gasteiger charge is 2.26. The summed E-state index contributed by atoms with van der Waals surface area (Å²) in [4.78, 5) is 2.24. The molecule has 0 amide bonds. The van der Waals surface area contributed by atoms with Crippen LogP contribution in [0.1, 0.15) is 11.1 Å². The molecule has 0 spiro atoms.